The van der Waals surface area contributed by atoms with Gasteiger partial charge in [-0.3, -0.25) is 4.79 Å². The SMILES string of the molecule is CC(C)/C(=C(\c1ccc(OC(=O)C(C)(C)C)cc1)c1ccc(C2CCNCC2)cc1)c1ccccc1. The third-order valence-corrected chi connectivity index (χ3v) is 6.91. The fourth-order valence-corrected chi connectivity index (χ4v) is 4.89. The summed E-state index contributed by atoms with van der Waals surface area (Å²) in [7, 11) is 0. The Morgan fingerprint density at radius 1 is 0.806 bits per heavy atom. The van der Waals surface area contributed by atoms with Crippen LogP contribution in [0.2, 0.25) is 0 Å². The molecule has 0 aliphatic carbocycles. The summed E-state index contributed by atoms with van der Waals surface area (Å²) < 4.78 is 5.63. The van der Waals surface area contributed by atoms with Crippen molar-refractivity contribution in [2.45, 2.75) is 53.4 Å². The lowest BCUT2D eigenvalue weighted by atomic mass is 9.83. The number of allylic oxidation sites excluding steroid dienone is 1. The molecule has 188 valence electrons. The zero-order valence-electron chi connectivity index (χ0n) is 22.3. The molecule has 0 unspecified atom stereocenters. The molecule has 0 amide bonds. The summed E-state index contributed by atoms with van der Waals surface area (Å²) in [5.74, 6) is 1.30. The summed E-state index contributed by atoms with van der Waals surface area (Å²) in [5, 5.41) is 3.47. The highest BCUT2D eigenvalue weighted by atomic mass is 16.5. The minimum absolute atomic E-state index is 0.230. The molecule has 3 aromatic rings. The first-order valence-corrected chi connectivity index (χ1v) is 13.2. The molecule has 0 atom stereocenters. The van der Waals surface area contributed by atoms with Gasteiger partial charge >= 0.3 is 5.97 Å². The zero-order chi connectivity index (χ0) is 25.7. The Kier molecular flexibility index (Phi) is 8.11. The van der Waals surface area contributed by atoms with Gasteiger partial charge in [-0.25, -0.2) is 0 Å². The van der Waals surface area contributed by atoms with Gasteiger partial charge in [0, 0.05) is 0 Å². The smallest absolute Gasteiger partial charge is 0.316 e. The van der Waals surface area contributed by atoms with Crippen LogP contribution in [0.25, 0.3) is 11.1 Å². The van der Waals surface area contributed by atoms with Crippen molar-refractivity contribution in [2.75, 3.05) is 13.1 Å². The van der Waals surface area contributed by atoms with Crippen molar-refractivity contribution in [3.8, 4) is 5.75 Å². The topological polar surface area (TPSA) is 38.3 Å². The Labute approximate surface area is 216 Å². The maximum Gasteiger partial charge on any atom is 0.316 e. The van der Waals surface area contributed by atoms with Crippen LogP contribution in [0.1, 0.15) is 75.6 Å². The third-order valence-electron chi connectivity index (χ3n) is 6.91. The van der Waals surface area contributed by atoms with Crippen molar-refractivity contribution >= 4 is 17.1 Å². The van der Waals surface area contributed by atoms with E-state index in [2.05, 4.69) is 85.9 Å². The van der Waals surface area contributed by atoms with E-state index < -0.39 is 5.41 Å². The Morgan fingerprint density at radius 2 is 1.36 bits per heavy atom. The Balaban J connectivity index is 1.77. The van der Waals surface area contributed by atoms with Crippen LogP contribution in [0.5, 0.6) is 5.75 Å². The summed E-state index contributed by atoms with van der Waals surface area (Å²) in [6.07, 6.45) is 2.39. The number of carbonyl (C=O) groups excluding carboxylic acids is 1. The van der Waals surface area contributed by atoms with Gasteiger partial charge in [0.15, 0.2) is 0 Å². The van der Waals surface area contributed by atoms with Crippen LogP contribution in [0.4, 0.5) is 0 Å². The molecule has 0 spiro atoms. The van der Waals surface area contributed by atoms with Crippen LogP contribution in [-0.4, -0.2) is 19.1 Å². The van der Waals surface area contributed by atoms with Gasteiger partial charge in [0.2, 0.25) is 0 Å². The number of esters is 1. The fraction of sp³-hybridized carbons (Fsp3) is 0.364. The van der Waals surface area contributed by atoms with E-state index in [9.17, 15) is 4.79 Å². The summed E-state index contributed by atoms with van der Waals surface area (Å²) >= 11 is 0. The van der Waals surface area contributed by atoms with Crippen LogP contribution < -0.4 is 10.1 Å². The quantitative estimate of drug-likeness (QED) is 0.222. The minimum atomic E-state index is -0.544. The summed E-state index contributed by atoms with van der Waals surface area (Å²) in [6.45, 7) is 12.3. The highest BCUT2D eigenvalue weighted by Crippen LogP contribution is 2.38. The molecular formula is C33H39NO2. The molecule has 3 heteroatoms. The van der Waals surface area contributed by atoms with E-state index in [4.69, 9.17) is 4.74 Å². The molecule has 1 N–H and O–H groups in total. The average molecular weight is 482 g/mol. The lowest BCUT2D eigenvalue weighted by Gasteiger charge is -2.24. The lowest BCUT2D eigenvalue weighted by Crippen LogP contribution is -2.26. The normalized spacial score (nSPS) is 15.5. The van der Waals surface area contributed by atoms with Crippen molar-refractivity contribution < 1.29 is 9.53 Å². The first kappa shape index (κ1) is 25.9. The second-order valence-electron chi connectivity index (χ2n) is 11.1. The molecule has 3 aromatic carbocycles. The standard InChI is InChI=1S/C33H39NO2/c1-23(2)30(26-9-7-6-8-10-26)31(27-13-11-24(12-14-27)25-19-21-34-22-20-25)28-15-17-29(18-16-28)36-32(35)33(3,4)5/h6-18,23,25,34H,19-22H2,1-5H3/b31-30+. The third kappa shape index (κ3) is 6.14. The molecule has 1 fully saturated rings. The summed E-state index contributed by atoms with van der Waals surface area (Å²) in [4.78, 5) is 12.4. The first-order valence-electron chi connectivity index (χ1n) is 13.2. The summed E-state index contributed by atoms with van der Waals surface area (Å²) in [6, 6.07) is 27.8. The predicted molar refractivity (Wildman–Crippen MR) is 150 cm³/mol. The van der Waals surface area contributed by atoms with Crippen LogP contribution in [0, 0.1) is 11.3 Å². The van der Waals surface area contributed by atoms with Crippen molar-refractivity contribution in [1.29, 1.82) is 0 Å². The zero-order valence-corrected chi connectivity index (χ0v) is 22.3. The lowest BCUT2D eigenvalue weighted by molar-refractivity contribution is -0.142. The van der Waals surface area contributed by atoms with Crippen LogP contribution in [-0.2, 0) is 4.79 Å². The van der Waals surface area contributed by atoms with E-state index in [1.807, 2.05) is 32.9 Å². The van der Waals surface area contributed by atoms with E-state index in [1.165, 1.54) is 40.7 Å². The number of carbonyl (C=O) groups is 1. The van der Waals surface area contributed by atoms with Gasteiger partial charge in [0.1, 0.15) is 5.75 Å². The number of hydrogen-bond acceptors (Lipinski definition) is 3. The maximum absolute atomic E-state index is 12.4. The molecule has 1 aliphatic rings. The van der Waals surface area contributed by atoms with Gasteiger partial charge in [0.25, 0.3) is 0 Å². The second-order valence-corrected chi connectivity index (χ2v) is 11.1. The predicted octanol–water partition coefficient (Wildman–Crippen LogP) is 7.72. The molecule has 36 heavy (non-hydrogen) atoms. The molecular weight excluding hydrogens is 442 g/mol. The molecule has 3 nitrogen and oxygen atoms in total. The van der Waals surface area contributed by atoms with Crippen molar-refractivity contribution in [3.63, 3.8) is 0 Å². The average Bonchev–Trinajstić information content (AvgIpc) is 2.88. The molecule has 1 saturated heterocycles. The van der Waals surface area contributed by atoms with Crippen molar-refractivity contribution in [2.24, 2.45) is 11.3 Å². The molecule has 0 radical (unpaired) electrons. The number of ether oxygens (including phenoxy) is 1. The van der Waals surface area contributed by atoms with Gasteiger partial charge in [-0.1, -0.05) is 80.6 Å². The van der Waals surface area contributed by atoms with Gasteiger partial charge < -0.3 is 10.1 Å². The van der Waals surface area contributed by atoms with E-state index in [0.29, 0.717) is 17.6 Å². The molecule has 0 bridgehead atoms. The van der Waals surface area contributed by atoms with Crippen molar-refractivity contribution in [1.82, 2.24) is 5.32 Å². The largest absolute Gasteiger partial charge is 0.426 e. The van der Waals surface area contributed by atoms with E-state index in [0.717, 1.165) is 18.7 Å². The Bertz CT molecular complexity index is 1180. The molecule has 4 rings (SSSR count). The van der Waals surface area contributed by atoms with Crippen molar-refractivity contribution in [3.05, 3.63) is 101 Å². The Hall–Kier alpha value is -3.17. The highest BCUT2D eigenvalue weighted by molar-refractivity contribution is 5.99. The fourth-order valence-electron chi connectivity index (χ4n) is 4.89. The number of nitrogens with one attached hydrogen (secondary N) is 1. The number of hydrogen-bond donors (Lipinski definition) is 1. The Morgan fingerprint density at radius 3 is 1.89 bits per heavy atom. The van der Waals surface area contributed by atoms with Crippen LogP contribution >= 0.6 is 0 Å². The highest BCUT2D eigenvalue weighted by Gasteiger charge is 2.24. The monoisotopic (exact) mass is 481 g/mol. The van der Waals surface area contributed by atoms with Gasteiger partial charge in [-0.15, -0.1) is 0 Å². The molecule has 1 heterocycles. The van der Waals surface area contributed by atoms with Gasteiger partial charge in [-0.2, -0.15) is 0 Å². The van der Waals surface area contributed by atoms with Gasteiger partial charge in [0.05, 0.1) is 5.41 Å². The van der Waals surface area contributed by atoms with Crippen LogP contribution in [0.15, 0.2) is 78.9 Å². The number of benzene rings is 3. The van der Waals surface area contributed by atoms with Gasteiger partial charge in [-0.05, 0) is 104 Å². The van der Waals surface area contributed by atoms with E-state index in [1.54, 1.807) is 0 Å². The molecule has 1 aliphatic heterocycles. The second kappa shape index (κ2) is 11.3. The maximum atomic E-state index is 12.4. The molecule has 0 saturated carbocycles. The van der Waals surface area contributed by atoms with E-state index in [-0.39, 0.29) is 5.97 Å². The number of rotatable bonds is 6. The van der Waals surface area contributed by atoms with Crippen LogP contribution in [0.3, 0.4) is 0 Å². The minimum Gasteiger partial charge on any atom is -0.426 e. The number of piperidine rings is 1. The first-order chi connectivity index (χ1) is 17.2. The molecule has 0 aromatic heterocycles. The summed E-state index contributed by atoms with van der Waals surface area (Å²) in [5.41, 5.74) is 6.97. The van der Waals surface area contributed by atoms with E-state index >= 15 is 0 Å².